The van der Waals surface area contributed by atoms with Gasteiger partial charge in [0.25, 0.3) is 0 Å². The molecular formula is C46H83NO11P+. The lowest BCUT2D eigenvalue weighted by atomic mass is 9.88. The number of Topliss-reactive ketones (excluding diaryl/α,β-unsaturated/α-hetero) is 1. The summed E-state index contributed by atoms with van der Waals surface area (Å²) in [6.45, 7) is 3.99. The number of ketones is 1. The zero-order valence-corrected chi connectivity index (χ0v) is 38.3. The quantitative estimate of drug-likeness (QED) is 0.0179. The number of phosphoric acid groups is 1. The van der Waals surface area contributed by atoms with E-state index in [1.165, 1.54) is 19.3 Å². The molecule has 13 heteroatoms. The van der Waals surface area contributed by atoms with E-state index in [1.54, 1.807) is 6.08 Å². The standard InChI is InChI=1S/C46H82NO11P/c1-6-8-10-11-12-13-14-15-16-17-18-19-20-21-26-30-45(51)55-37-40(38-57-59(53,54)56-35-34-47(3,4)5)58-46(52)31-27-23-22-25-29-41-42(44(50)36-43(41)49)33-32-39(48)28-24-9-7-2/h12-13,15-16,32-33,39-42,44,48,50H,6-11,14,17-31,34-38H2,1-5H3/p+1/b13-12-,16-15-,33-32+/t39-,40+,41+,42+,44+/m0/s1. The van der Waals surface area contributed by atoms with Gasteiger partial charge in [0.1, 0.15) is 25.5 Å². The molecule has 0 aromatic heterocycles. The highest BCUT2D eigenvalue weighted by atomic mass is 31.2. The van der Waals surface area contributed by atoms with Crippen LogP contribution in [0.2, 0.25) is 0 Å². The summed E-state index contributed by atoms with van der Waals surface area (Å²) in [5.41, 5.74) is 0. The Morgan fingerprint density at radius 3 is 2.05 bits per heavy atom. The van der Waals surface area contributed by atoms with Crippen molar-refractivity contribution >= 4 is 25.5 Å². The smallest absolute Gasteiger partial charge is 0.462 e. The van der Waals surface area contributed by atoms with Crippen molar-refractivity contribution in [1.29, 1.82) is 0 Å². The van der Waals surface area contributed by atoms with Crippen LogP contribution < -0.4 is 0 Å². The fourth-order valence-electron chi connectivity index (χ4n) is 6.88. The first kappa shape index (κ1) is 54.8. The largest absolute Gasteiger partial charge is 0.472 e. The zero-order chi connectivity index (χ0) is 43.8. The Kier molecular flexibility index (Phi) is 31.1. The maximum Gasteiger partial charge on any atom is 0.472 e. The topological polar surface area (TPSA) is 166 Å². The van der Waals surface area contributed by atoms with Crippen LogP contribution in [0.4, 0.5) is 0 Å². The number of aliphatic hydroxyl groups excluding tert-OH is 2. The van der Waals surface area contributed by atoms with E-state index in [2.05, 4.69) is 38.2 Å². The highest BCUT2D eigenvalue weighted by Gasteiger charge is 2.39. The van der Waals surface area contributed by atoms with Crippen molar-refractivity contribution in [2.75, 3.05) is 47.5 Å². The molecule has 0 spiro atoms. The van der Waals surface area contributed by atoms with Gasteiger partial charge >= 0.3 is 19.8 Å². The lowest BCUT2D eigenvalue weighted by Gasteiger charge is -2.24. The summed E-state index contributed by atoms with van der Waals surface area (Å²) in [5.74, 6) is -1.52. The number of rotatable bonds is 37. The Morgan fingerprint density at radius 1 is 0.797 bits per heavy atom. The average molecular weight is 857 g/mol. The van der Waals surface area contributed by atoms with Crippen LogP contribution in [0.15, 0.2) is 36.5 Å². The molecule has 1 rings (SSSR count). The molecule has 0 aromatic rings. The van der Waals surface area contributed by atoms with Crippen molar-refractivity contribution in [3.63, 3.8) is 0 Å². The number of carbonyl (C=O) groups excluding carboxylic acids is 3. The van der Waals surface area contributed by atoms with E-state index in [1.807, 2.05) is 27.2 Å². The van der Waals surface area contributed by atoms with Gasteiger partial charge in [0.15, 0.2) is 6.10 Å². The molecule has 1 fully saturated rings. The van der Waals surface area contributed by atoms with Gasteiger partial charge in [0.2, 0.25) is 0 Å². The Bertz CT molecular complexity index is 1260. The number of nitrogens with zero attached hydrogens (tertiary/aromatic N) is 1. The van der Waals surface area contributed by atoms with Gasteiger partial charge < -0.3 is 29.1 Å². The fourth-order valence-corrected chi connectivity index (χ4v) is 7.62. The van der Waals surface area contributed by atoms with Crippen LogP contribution in [0.5, 0.6) is 0 Å². The number of quaternary nitrogens is 1. The van der Waals surface area contributed by atoms with E-state index < -0.39 is 44.7 Å². The van der Waals surface area contributed by atoms with Crippen LogP contribution in [0.25, 0.3) is 0 Å². The predicted molar refractivity (Wildman–Crippen MR) is 234 cm³/mol. The summed E-state index contributed by atoms with van der Waals surface area (Å²) >= 11 is 0. The monoisotopic (exact) mass is 857 g/mol. The molecule has 342 valence electrons. The molecule has 6 atom stereocenters. The SMILES string of the molecule is CCCCC/C=C\C/C=C\CCCCCCCC(=O)OC[C@H](COP(=O)(O)OCC[N+](C)(C)C)OC(=O)CCCCCC[C@H]1C(=O)C[C@@H](O)[C@@H]1/C=C/[C@@H](O)CCCCC. The number of esters is 2. The van der Waals surface area contributed by atoms with Crippen molar-refractivity contribution in [1.82, 2.24) is 0 Å². The molecule has 0 radical (unpaired) electrons. The number of carbonyl (C=O) groups is 3. The van der Waals surface area contributed by atoms with E-state index in [0.717, 1.165) is 77.0 Å². The number of aliphatic hydroxyl groups is 2. The van der Waals surface area contributed by atoms with Crippen molar-refractivity contribution in [2.45, 2.75) is 180 Å². The third-order valence-electron chi connectivity index (χ3n) is 10.5. The van der Waals surface area contributed by atoms with E-state index in [4.69, 9.17) is 18.5 Å². The molecule has 0 amide bonds. The number of hydrogen-bond acceptors (Lipinski definition) is 10. The lowest BCUT2D eigenvalue weighted by molar-refractivity contribution is -0.870. The van der Waals surface area contributed by atoms with Crippen LogP contribution >= 0.6 is 7.82 Å². The lowest BCUT2D eigenvalue weighted by Crippen LogP contribution is -2.37. The molecule has 1 unspecified atom stereocenters. The summed E-state index contributed by atoms with van der Waals surface area (Å²) < 4.78 is 34.3. The molecule has 59 heavy (non-hydrogen) atoms. The first-order chi connectivity index (χ1) is 28.2. The third kappa shape index (κ3) is 30.5. The Hall–Kier alpha value is -2.18. The molecular weight excluding hydrogens is 773 g/mol. The van der Waals surface area contributed by atoms with Gasteiger partial charge in [0.05, 0.1) is 40.0 Å². The summed E-state index contributed by atoms with van der Waals surface area (Å²) in [6.07, 6.45) is 29.4. The maximum atomic E-state index is 12.8. The fraction of sp³-hybridized carbons (Fsp3) is 0.804. The second kappa shape index (κ2) is 33.4. The van der Waals surface area contributed by atoms with Gasteiger partial charge in [-0.05, 0) is 57.8 Å². The number of unbranched alkanes of at least 4 members (excludes halogenated alkanes) is 13. The van der Waals surface area contributed by atoms with Crippen molar-refractivity contribution in [3.8, 4) is 0 Å². The first-order valence-corrected chi connectivity index (χ1v) is 24.3. The first-order valence-electron chi connectivity index (χ1n) is 22.8. The molecule has 0 aromatic carbocycles. The molecule has 1 aliphatic carbocycles. The average Bonchev–Trinajstić information content (AvgIpc) is 3.44. The van der Waals surface area contributed by atoms with Gasteiger partial charge in [-0.2, -0.15) is 0 Å². The molecule has 1 aliphatic rings. The van der Waals surface area contributed by atoms with Gasteiger partial charge in [-0.1, -0.05) is 121 Å². The number of allylic oxidation sites excluding steroid dienone is 4. The van der Waals surface area contributed by atoms with Crippen molar-refractivity contribution in [3.05, 3.63) is 36.5 Å². The normalized spacial score (nSPS) is 19.5. The van der Waals surface area contributed by atoms with Crippen molar-refractivity contribution < 1.29 is 57.1 Å². The molecule has 3 N–H and O–H groups in total. The van der Waals surface area contributed by atoms with Crippen LogP contribution in [-0.2, 0) is 37.5 Å². The maximum absolute atomic E-state index is 12.8. The molecule has 0 bridgehead atoms. The van der Waals surface area contributed by atoms with E-state index in [0.29, 0.717) is 43.1 Å². The highest BCUT2D eigenvalue weighted by Crippen LogP contribution is 2.43. The summed E-state index contributed by atoms with van der Waals surface area (Å²) in [6, 6.07) is 0. The van der Waals surface area contributed by atoms with Crippen LogP contribution in [-0.4, -0.2) is 103 Å². The molecule has 0 aliphatic heterocycles. The second-order valence-electron chi connectivity index (χ2n) is 17.2. The molecule has 0 saturated heterocycles. The summed E-state index contributed by atoms with van der Waals surface area (Å²) in [7, 11) is 1.32. The van der Waals surface area contributed by atoms with Crippen LogP contribution in [0, 0.1) is 11.8 Å². The molecule has 1 saturated carbocycles. The predicted octanol–water partition coefficient (Wildman–Crippen LogP) is 9.50. The van der Waals surface area contributed by atoms with Gasteiger partial charge in [0, 0.05) is 31.1 Å². The van der Waals surface area contributed by atoms with Gasteiger partial charge in [-0.25, -0.2) is 4.57 Å². The second-order valence-corrected chi connectivity index (χ2v) is 18.7. The van der Waals surface area contributed by atoms with Crippen LogP contribution in [0.1, 0.15) is 162 Å². The zero-order valence-electron chi connectivity index (χ0n) is 37.4. The number of ether oxygens (including phenoxy) is 2. The Labute approximate surface area is 357 Å². The highest BCUT2D eigenvalue weighted by molar-refractivity contribution is 7.47. The van der Waals surface area contributed by atoms with Gasteiger partial charge in [-0.3, -0.25) is 23.4 Å². The number of hydrogen-bond donors (Lipinski definition) is 3. The minimum Gasteiger partial charge on any atom is -0.462 e. The number of phosphoric ester groups is 1. The Balaban J connectivity index is 2.48. The minimum atomic E-state index is -4.45. The summed E-state index contributed by atoms with van der Waals surface area (Å²) in [4.78, 5) is 48.2. The summed E-state index contributed by atoms with van der Waals surface area (Å²) in [5, 5.41) is 20.8. The van der Waals surface area contributed by atoms with Crippen molar-refractivity contribution in [2.24, 2.45) is 11.8 Å². The third-order valence-corrected chi connectivity index (χ3v) is 11.5. The minimum absolute atomic E-state index is 0.0145. The van der Waals surface area contributed by atoms with E-state index in [-0.39, 0.29) is 50.1 Å². The molecule has 0 heterocycles. The van der Waals surface area contributed by atoms with E-state index >= 15 is 0 Å². The van der Waals surface area contributed by atoms with E-state index in [9.17, 15) is 34.1 Å². The van der Waals surface area contributed by atoms with Gasteiger partial charge in [-0.15, -0.1) is 0 Å². The molecule has 12 nitrogen and oxygen atoms in total. The van der Waals surface area contributed by atoms with Crippen LogP contribution in [0.3, 0.4) is 0 Å². The Morgan fingerprint density at radius 2 is 1.39 bits per heavy atom. The number of likely N-dealkylation sites (N-methyl/N-ethyl adjacent to an activating group) is 1.